The Labute approximate surface area is 123 Å². The van der Waals surface area contributed by atoms with Gasteiger partial charge in [0, 0.05) is 16.1 Å². The first-order valence-electron chi connectivity index (χ1n) is 6.00. The summed E-state index contributed by atoms with van der Waals surface area (Å²) in [5, 5.41) is 1.56. The lowest BCUT2D eigenvalue weighted by molar-refractivity contribution is 0.588. The van der Waals surface area contributed by atoms with Gasteiger partial charge in [-0.3, -0.25) is 0 Å². The lowest BCUT2D eigenvalue weighted by Gasteiger charge is -2.14. The monoisotopic (exact) mass is 352 g/mol. The van der Waals surface area contributed by atoms with Gasteiger partial charge in [-0.1, -0.05) is 46.6 Å². The normalized spacial score (nSPS) is 13.5. The fraction of sp³-hybridized carbons (Fsp3) is 0.538. The van der Waals surface area contributed by atoms with E-state index in [2.05, 4.69) is 15.9 Å². The van der Waals surface area contributed by atoms with Crippen molar-refractivity contribution in [3.8, 4) is 0 Å². The van der Waals surface area contributed by atoms with E-state index in [1.165, 1.54) is 5.56 Å². The Bertz CT molecular complexity index is 456. The average Bonchev–Trinajstić information content (AvgIpc) is 2.36. The van der Waals surface area contributed by atoms with E-state index in [0.29, 0.717) is 12.3 Å². The first-order chi connectivity index (χ1) is 8.48. The van der Waals surface area contributed by atoms with Gasteiger partial charge in [0.05, 0.1) is 5.75 Å². The number of benzene rings is 1. The molecule has 0 heterocycles. The van der Waals surface area contributed by atoms with Gasteiger partial charge in [-0.05, 0) is 36.5 Å². The Morgan fingerprint density at radius 1 is 1.28 bits per heavy atom. The van der Waals surface area contributed by atoms with Gasteiger partial charge < -0.3 is 0 Å². The topological polar surface area (TPSA) is 34.1 Å². The van der Waals surface area contributed by atoms with Crippen LogP contribution in [0.5, 0.6) is 0 Å². The molecule has 0 aliphatic carbocycles. The number of sulfone groups is 1. The van der Waals surface area contributed by atoms with Crippen LogP contribution in [-0.4, -0.2) is 25.3 Å². The first-order valence-corrected chi connectivity index (χ1v) is 9.32. The fourth-order valence-electron chi connectivity index (χ4n) is 1.76. The van der Waals surface area contributed by atoms with E-state index >= 15 is 0 Å². The Kier molecular flexibility index (Phi) is 6.67. The van der Waals surface area contributed by atoms with Gasteiger partial charge in [0.15, 0.2) is 0 Å². The van der Waals surface area contributed by atoms with Crippen LogP contribution in [0.1, 0.15) is 31.2 Å². The molecule has 1 unspecified atom stereocenters. The fourth-order valence-corrected chi connectivity index (χ4v) is 3.48. The molecule has 1 aromatic rings. The minimum absolute atomic E-state index is 0.229. The number of halogens is 2. The summed E-state index contributed by atoms with van der Waals surface area (Å²) in [7, 11) is -2.85. The molecule has 1 aromatic carbocycles. The third-order valence-corrected chi connectivity index (χ3v) is 5.80. The van der Waals surface area contributed by atoms with Gasteiger partial charge >= 0.3 is 0 Å². The summed E-state index contributed by atoms with van der Waals surface area (Å²) in [6.07, 6.45) is 1.57. The van der Waals surface area contributed by atoms with Crippen molar-refractivity contribution >= 4 is 37.4 Å². The first kappa shape index (κ1) is 16.0. The molecule has 102 valence electrons. The highest BCUT2D eigenvalue weighted by molar-refractivity contribution is 9.09. The van der Waals surface area contributed by atoms with E-state index in [1.807, 2.05) is 24.3 Å². The second-order valence-corrected chi connectivity index (χ2v) is 7.84. The molecule has 0 saturated carbocycles. The van der Waals surface area contributed by atoms with Crippen LogP contribution in [0.25, 0.3) is 0 Å². The third-order valence-electron chi connectivity index (χ3n) is 2.98. The largest absolute Gasteiger partial charge is 0.229 e. The second-order valence-electron chi connectivity index (χ2n) is 4.28. The minimum atomic E-state index is -2.85. The van der Waals surface area contributed by atoms with E-state index in [9.17, 15) is 8.42 Å². The molecule has 0 bridgehead atoms. The smallest absolute Gasteiger partial charge is 0.150 e. The van der Waals surface area contributed by atoms with E-state index in [1.54, 1.807) is 6.92 Å². The van der Waals surface area contributed by atoms with Crippen LogP contribution in [0.3, 0.4) is 0 Å². The lowest BCUT2D eigenvalue weighted by atomic mass is 9.97. The number of rotatable bonds is 7. The van der Waals surface area contributed by atoms with E-state index < -0.39 is 9.84 Å². The highest BCUT2D eigenvalue weighted by Crippen LogP contribution is 2.25. The molecule has 18 heavy (non-hydrogen) atoms. The zero-order valence-electron chi connectivity index (χ0n) is 10.4. The second kappa shape index (κ2) is 7.51. The van der Waals surface area contributed by atoms with E-state index in [0.717, 1.165) is 16.8 Å². The minimum Gasteiger partial charge on any atom is -0.229 e. The molecule has 0 amide bonds. The van der Waals surface area contributed by atoms with Gasteiger partial charge in [-0.15, -0.1) is 0 Å². The summed E-state index contributed by atoms with van der Waals surface area (Å²) >= 11 is 9.34. The van der Waals surface area contributed by atoms with Crippen molar-refractivity contribution in [3.63, 3.8) is 0 Å². The molecule has 0 aromatic heterocycles. The van der Waals surface area contributed by atoms with Gasteiger partial charge in [0.1, 0.15) is 9.84 Å². The molecule has 1 atom stereocenters. The van der Waals surface area contributed by atoms with Crippen molar-refractivity contribution in [2.75, 3.05) is 16.8 Å². The number of alkyl halides is 1. The van der Waals surface area contributed by atoms with Gasteiger partial charge in [-0.2, -0.15) is 0 Å². The summed E-state index contributed by atoms with van der Waals surface area (Å²) in [4.78, 5) is 0. The molecule has 0 saturated heterocycles. The lowest BCUT2D eigenvalue weighted by Crippen LogP contribution is -2.10. The van der Waals surface area contributed by atoms with Crippen LogP contribution in [0, 0.1) is 0 Å². The zero-order valence-corrected chi connectivity index (χ0v) is 13.6. The van der Waals surface area contributed by atoms with Crippen LogP contribution in [0.4, 0.5) is 0 Å². The Morgan fingerprint density at radius 3 is 2.39 bits per heavy atom. The Hall–Kier alpha value is -0.0600. The zero-order chi connectivity index (χ0) is 13.6. The van der Waals surface area contributed by atoms with Crippen LogP contribution in [-0.2, 0) is 9.84 Å². The summed E-state index contributed by atoms with van der Waals surface area (Å²) in [5.41, 5.74) is 1.20. The van der Waals surface area contributed by atoms with Crippen molar-refractivity contribution in [1.82, 2.24) is 0 Å². The SMILES string of the molecule is CCS(=O)(=O)CCCC(CBr)c1ccc(Cl)cc1. The molecule has 0 aliphatic heterocycles. The highest BCUT2D eigenvalue weighted by atomic mass is 79.9. The van der Waals surface area contributed by atoms with Gasteiger partial charge in [-0.25, -0.2) is 8.42 Å². The Morgan fingerprint density at radius 2 is 1.89 bits per heavy atom. The molecular weight excluding hydrogens is 336 g/mol. The van der Waals surface area contributed by atoms with E-state index in [4.69, 9.17) is 11.6 Å². The molecule has 0 fully saturated rings. The van der Waals surface area contributed by atoms with Crippen molar-refractivity contribution < 1.29 is 8.42 Å². The number of hydrogen-bond acceptors (Lipinski definition) is 2. The summed E-state index contributed by atoms with van der Waals surface area (Å²) in [6, 6.07) is 7.75. The van der Waals surface area contributed by atoms with Gasteiger partial charge in [0.25, 0.3) is 0 Å². The van der Waals surface area contributed by atoms with Crippen molar-refractivity contribution in [2.24, 2.45) is 0 Å². The highest BCUT2D eigenvalue weighted by Gasteiger charge is 2.13. The maximum absolute atomic E-state index is 11.4. The predicted octanol–water partition coefficient (Wildman–Crippen LogP) is 4.03. The van der Waals surface area contributed by atoms with Crippen LogP contribution < -0.4 is 0 Å². The molecule has 0 aliphatic rings. The summed E-state index contributed by atoms with van der Waals surface area (Å²) < 4.78 is 22.8. The van der Waals surface area contributed by atoms with Crippen molar-refractivity contribution in [2.45, 2.75) is 25.7 Å². The molecular formula is C13H18BrClO2S. The molecule has 1 rings (SSSR count). The summed E-state index contributed by atoms with van der Waals surface area (Å²) in [5.74, 6) is 0.849. The van der Waals surface area contributed by atoms with Crippen LogP contribution in [0.2, 0.25) is 5.02 Å². The number of hydrogen-bond donors (Lipinski definition) is 0. The Balaban J connectivity index is 2.55. The van der Waals surface area contributed by atoms with Crippen molar-refractivity contribution in [1.29, 1.82) is 0 Å². The molecule has 0 radical (unpaired) electrons. The standard InChI is InChI=1S/C13H18BrClO2S/c1-2-18(16,17)9-3-4-12(10-14)11-5-7-13(15)8-6-11/h5-8,12H,2-4,9-10H2,1H3. The van der Waals surface area contributed by atoms with Crippen molar-refractivity contribution in [3.05, 3.63) is 34.9 Å². The van der Waals surface area contributed by atoms with E-state index in [-0.39, 0.29) is 11.5 Å². The molecule has 0 spiro atoms. The quantitative estimate of drug-likeness (QED) is 0.693. The van der Waals surface area contributed by atoms with Crippen LogP contribution in [0.15, 0.2) is 24.3 Å². The van der Waals surface area contributed by atoms with Crippen LogP contribution >= 0.6 is 27.5 Å². The predicted molar refractivity (Wildman–Crippen MR) is 81.5 cm³/mol. The maximum Gasteiger partial charge on any atom is 0.150 e. The van der Waals surface area contributed by atoms with Gasteiger partial charge in [0.2, 0.25) is 0 Å². The summed E-state index contributed by atoms with van der Waals surface area (Å²) in [6.45, 7) is 1.69. The molecule has 2 nitrogen and oxygen atoms in total. The third kappa shape index (κ3) is 5.29. The maximum atomic E-state index is 11.4. The molecule has 0 N–H and O–H groups in total. The average molecular weight is 354 g/mol. The molecule has 5 heteroatoms.